The normalized spacial score (nSPS) is 14.6. The number of aromatic amines is 1. The third kappa shape index (κ3) is 3.20. The van der Waals surface area contributed by atoms with Gasteiger partial charge in [-0.3, -0.25) is 14.8 Å². The number of fused-ring (bicyclic) bond motifs is 2. The van der Waals surface area contributed by atoms with E-state index in [1.54, 1.807) is 13.4 Å². The molecule has 0 bridgehead atoms. The summed E-state index contributed by atoms with van der Waals surface area (Å²) in [5, 5.41) is 3.16. The van der Waals surface area contributed by atoms with Gasteiger partial charge < -0.3 is 13.6 Å². The Morgan fingerprint density at radius 1 is 1.28 bits per heavy atom. The molecule has 0 radical (unpaired) electrons. The van der Waals surface area contributed by atoms with Gasteiger partial charge in [-0.15, -0.1) is 0 Å². The molecule has 0 spiro atoms. The van der Waals surface area contributed by atoms with Gasteiger partial charge in [0.05, 0.1) is 24.2 Å². The predicted molar refractivity (Wildman–Crippen MR) is 105 cm³/mol. The van der Waals surface area contributed by atoms with E-state index in [1.165, 1.54) is 4.52 Å². The lowest BCUT2D eigenvalue weighted by molar-refractivity contribution is 0.157. The van der Waals surface area contributed by atoms with Crippen molar-refractivity contribution >= 4 is 5.65 Å². The molecule has 150 valence electrons. The quantitative estimate of drug-likeness (QED) is 0.560. The number of nitrogens with one attached hydrogen (secondary N) is 1. The van der Waals surface area contributed by atoms with Crippen molar-refractivity contribution in [3.05, 3.63) is 69.4 Å². The Balaban J connectivity index is 1.43. The fraction of sp³-hybridized carbons (Fsp3) is 0.333. The first-order valence-corrected chi connectivity index (χ1v) is 9.59. The van der Waals surface area contributed by atoms with E-state index in [-0.39, 0.29) is 5.56 Å². The van der Waals surface area contributed by atoms with Crippen LogP contribution in [0.4, 0.5) is 0 Å². The smallest absolute Gasteiger partial charge is 0.276 e. The first-order chi connectivity index (χ1) is 14.1. The lowest BCUT2D eigenvalue weighted by atomic mass is 10.1. The maximum Gasteiger partial charge on any atom is 0.276 e. The molecule has 1 aliphatic heterocycles. The van der Waals surface area contributed by atoms with Crippen LogP contribution in [0.2, 0.25) is 0 Å². The molecule has 29 heavy (non-hydrogen) atoms. The van der Waals surface area contributed by atoms with Gasteiger partial charge in [-0.2, -0.15) is 0 Å². The second-order valence-corrected chi connectivity index (χ2v) is 7.36. The summed E-state index contributed by atoms with van der Waals surface area (Å²) in [6.45, 7) is 4.44. The number of furan rings is 2. The average Bonchev–Trinajstić information content (AvgIpc) is 3.42. The number of H-pyrrole nitrogens is 1. The molecule has 0 saturated heterocycles. The van der Waals surface area contributed by atoms with E-state index in [2.05, 4.69) is 10.00 Å². The third-order valence-electron chi connectivity index (χ3n) is 5.38. The highest BCUT2D eigenvalue weighted by Crippen LogP contribution is 2.24. The van der Waals surface area contributed by atoms with E-state index < -0.39 is 0 Å². The van der Waals surface area contributed by atoms with Crippen LogP contribution < -0.4 is 5.56 Å². The molecule has 0 aliphatic carbocycles. The van der Waals surface area contributed by atoms with Crippen LogP contribution in [0.15, 0.2) is 44.2 Å². The number of aromatic nitrogens is 3. The minimum Gasteiger partial charge on any atom is -0.469 e. The summed E-state index contributed by atoms with van der Waals surface area (Å²) >= 11 is 0. The van der Waals surface area contributed by atoms with E-state index in [4.69, 9.17) is 18.6 Å². The fourth-order valence-corrected chi connectivity index (χ4v) is 3.93. The van der Waals surface area contributed by atoms with E-state index in [0.29, 0.717) is 31.8 Å². The van der Waals surface area contributed by atoms with Crippen molar-refractivity contribution in [2.24, 2.45) is 0 Å². The maximum absolute atomic E-state index is 13.0. The predicted octanol–water partition coefficient (Wildman–Crippen LogP) is 2.89. The molecule has 5 rings (SSSR count). The van der Waals surface area contributed by atoms with Crippen LogP contribution >= 0.6 is 0 Å². The van der Waals surface area contributed by atoms with Gasteiger partial charge in [0, 0.05) is 37.4 Å². The fourth-order valence-electron chi connectivity index (χ4n) is 3.93. The van der Waals surface area contributed by atoms with Gasteiger partial charge in [-0.1, -0.05) is 0 Å². The van der Waals surface area contributed by atoms with Crippen LogP contribution in [-0.4, -0.2) is 33.2 Å². The molecular formula is C21H22N4O4. The van der Waals surface area contributed by atoms with Crippen LogP contribution in [0.1, 0.15) is 28.5 Å². The Morgan fingerprint density at radius 2 is 2.14 bits per heavy atom. The number of rotatable bonds is 5. The number of hydrogen-bond donors (Lipinski definition) is 1. The van der Waals surface area contributed by atoms with Crippen LogP contribution in [0.25, 0.3) is 16.9 Å². The van der Waals surface area contributed by atoms with Crippen LogP contribution in [0.5, 0.6) is 0 Å². The van der Waals surface area contributed by atoms with Gasteiger partial charge in [0.25, 0.3) is 5.56 Å². The molecule has 8 nitrogen and oxygen atoms in total. The molecule has 0 atom stereocenters. The molecule has 1 aliphatic rings. The summed E-state index contributed by atoms with van der Waals surface area (Å²) in [5.41, 5.74) is 3.94. The Hall–Kier alpha value is -3.10. The van der Waals surface area contributed by atoms with Gasteiger partial charge in [0.1, 0.15) is 23.9 Å². The summed E-state index contributed by atoms with van der Waals surface area (Å²) in [7, 11) is 1.65. The molecular weight excluding hydrogens is 372 g/mol. The van der Waals surface area contributed by atoms with Crippen LogP contribution in [0.3, 0.4) is 0 Å². The van der Waals surface area contributed by atoms with Gasteiger partial charge in [-0.05, 0) is 31.5 Å². The number of nitrogens with zero attached hydrogens (tertiary/aromatic N) is 3. The molecule has 0 unspecified atom stereocenters. The lowest BCUT2D eigenvalue weighted by Gasteiger charge is -2.26. The maximum atomic E-state index is 13.0. The van der Waals surface area contributed by atoms with Crippen molar-refractivity contribution in [2.45, 2.75) is 33.0 Å². The highest BCUT2D eigenvalue weighted by molar-refractivity contribution is 5.65. The van der Waals surface area contributed by atoms with Gasteiger partial charge >= 0.3 is 0 Å². The first-order valence-electron chi connectivity index (χ1n) is 9.59. The van der Waals surface area contributed by atoms with E-state index >= 15 is 0 Å². The van der Waals surface area contributed by atoms with Crippen LogP contribution in [-0.2, 0) is 30.9 Å². The molecule has 0 fully saturated rings. The summed E-state index contributed by atoms with van der Waals surface area (Å²) in [6.07, 6.45) is 2.30. The highest BCUT2D eigenvalue weighted by Gasteiger charge is 2.23. The Bertz CT molecular complexity index is 1230. The molecule has 4 aromatic heterocycles. The number of aryl methyl sites for hydroxylation is 1. The zero-order chi connectivity index (χ0) is 20.0. The molecule has 0 saturated carbocycles. The van der Waals surface area contributed by atoms with Gasteiger partial charge in [0.15, 0.2) is 5.65 Å². The Labute approximate surface area is 166 Å². The van der Waals surface area contributed by atoms with Crippen molar-refractivity contribution in [3.8, 4) is 11.3 Å². The summed E-state index contributed by atoms with van der Waals surface area (Å²) in [5.74, 6) is 2.50. The topological polar surface area (TPSA) is 88.9 Å². The van der Waals surface area contributed by atoms with Gasteiger partial charge in [0.2, 0.25) is 0 Å². The molecule has 1 N–H and O–H groups in total. The summed E-state index contributed by atoms with van der Waals surface area (Å²) < 4.78 is 17.8. The van der Waals surface area contributed by atoms with Gasteiger partial charge in [-0.25, -0.2) is 9.50 Å². The van der Waals surface area contributed by atoms with Crippen molar-refractivity contribution in [1.29, 1.82) is 0 Å². The SMILES string of the molecule is COCc1ccc(CN2CCc3c(nc4cc(-c5ccoc5C)[nH]n4c3=O)C2)o1. The monoisotopic (exact) mass is 394 g/mol. The molecule has 0 amide bonds. The lowest BCUT2D eigenvalue weighted by Crippen LogP contribution is -2.35. The Kier molecular flexibility index (Phi) is 4.37. The van der Waals surface area contributed by atoms with Crippen molar-refractivity contribution in [3.63, 3.8) is 0 Å². The molecule has 8 heteroatoms. The standard InChI is InChI=1S/C21H22N4O4/c1-13-16(6-8-28-13)18-9-20-22-19-11-24(7-5-17(19)21(26)25(20)23-18)10-14-3-4-15(29-14)12-27-2/h3-4,6,8-9,23H,5,7,10-12H2,1-2H3. The zero-order valence-corrected chi connectivity index (χ0v) is 16.4. The average molecular weight is 394 g/mol. The zero-order valence-electron chi connectivity index (χ0n) is 16.4. The van der Waals surface area contributed by atoms with E-state index in [0.717, 1.165) is 46.3 Å². The minimum absolute atomic E-state index is 0.0302. The van der Waals surface area contributed by atoms with Crippen molar-refractivity contribution in [2.75, 3.05) is 13.7 Å². The largest absolute Gasteiger partial charge is 0.469 e. The third-order valence-corrected chi connectivity index (χ3v) is 5.38. The van der Waals surface area contributed by atoms with E-state index in [9.17, 15) is 4.79 Å². The summed E-state index contributed by atoms with van der Waals surface area (Å²) in [4.78, 5) is 20.0. The van der Waals surface area contributed by atoms with E-state index in [1.807, 2.05) is 31.2 Å². The first kappa shape index (κ1) is 18.0. The Morgan fingerprint density at radius 3 is 2.93 bits per heavy atom. The minimum atomic E-state index is -0.0302. The second-order valence-electron chi connectivity index (χ2n) is 7.36. The summed E-state index contributed by atoms with van der Waals surface area (Å²) in [6, 6.07) is 7.68. The second kappa shape index (κ2) is 7.06. The highest BCUT2D eigenvalue weighted by atomic mass is 16.5. The van der Waals surface area contributed by atoms with Crippen molar-refractivity contribution in [1.82, 2.24) is 19.5 Å². The number of methoxy groups -OCH3 is 1. The van der Waals surface area contributed by atoms with Crippen LogP contribution in [0, 0.1) is 6.92 Å². The number of hydrogen-bond acceptors (Lipinski definition) is 6. The molecule has 4 aromatic rings. The molecule has 0 aromatic carbocycles. The van der Waals surface area contributed by atoms with Crippen molar-refractivity contribution < 1.29 is 13.6 Å². The number of ether oxygens (including phenoxy) is 1. The molecule has 5 heterocycles.